The minimum Gasteiger partial charge on any atom is -0.344 e. The second-order valence-corrected chi connectivity index (χ2v) is 8.51. The number of amides is 2. The van der Waals surface area contributed by atoms with Crippen molar-refractivity contribution in [1.82, 2.24) is 25.2 Å². The van der Waals surface area contributed by atoms with Gasteiger partial charge in [0.05, 0.1) is 5.69 Å². The van der Waals surface area contributed by atoms with E-state index in [0.29, 0.717) is 37.6 Å². The number of pyridine rings is 1. The average molecular weight is 443 g/mol. The summed E-state index contributed by atoms with van der Waals surface area (Å²) in [6.45, 7) is 1.24. The van der Waals surface area contributed by atoms with E-state index in [1.54, 1.807) is 12.4 Å². The van der Waals surface area contributed by atoms with Gasteiger partial charge in [-0.1, -0.05) is 18.2 Å². The molecule has 0 saturated carbocycles. The van der Waals surface area contributed by atoms with Gasteiger partial charge in [0.1, 0.15) is 17.7 Å². The van der Waals surface area contributed by atoms with Gasteiger partial charge in [0, 0.05) is 55.1 Å². The Morgan fingerprint density at radius 3 is 2.73 bits per heavy atom. The summed E-state index contributed by atoms with van der Waals surface area (Å²) in [5, 5.41) is 6.17. The van der Waals surface area contributed by atoms with Crippen LogP contribution in [0.4, 0.5) is 11.5 Å². The van der Waals surface area contributed by atoms with Crippen LogP contribution in [0, 0.1) is 0 Å². The smallest absolute Gasteiger partial charge is 0.245 e. The van der Waals surface area contributed by atoms with Crippen LogP contribution in [0.3, 0.4) is 0 Å². The second kappa shape index (κ2) is 9.36. The van der Waals surface area contributed by atoms with Crippen LogP contribution < -0.4 is 10.6 Å². The lowest BCUT2D eigenvalue weighted by molar-refractivity contribution is -0.135. The van der Waals surface area contributed by atoms with E-state index in [1.807, 2.05) is 53.4 Å². The lowest BCUT2D eigenvalue weighted by Crippen LogP contribution is -2.48. The number of benzene rings is 1. The van der Waals surface area contributed by atoms with Crippen molar-refractivity contribution in [2.75, 3.05) is 18.4 Å². The molecule has 33 heavy (non-hydrogen) atoms. The Bertz CT molecular complexity index is 1140. The molecule has 2 aliphatic rings. The molecule has 2 amide bonds. The maximum Gasteiger partial charge on any atom is 0.245 e. The van der Waals surface area contributed by atoms with Gasteiger partial charge in [-0.3, -0.25) is 14.6 Å². The molecule has 0 unspecified atom stereocenters. The van der Waals surface area contributed by atoms with Crippen LogP contribution in [-0.4, -0.2) is 50.8 Å². The van der Waals surface area contributed by atoms with Gasteiger partial charge in [-0.05, 0) is 43.5 Å². The number of carbonyl (C=O) groups is 2. The highest BCUT2D eigenvalue weighted by molar-refractivity contribution is 5.90. The zero-order chi connectivity index (χ0) is 22.6. The molecule has 8 heteroatoms. The number of anilines is 2. The molecule has 2 aliphatic heterocycles. The molecule has 0 aliphatic carbocycles. The van der Waals surface area contributed by atoms with E-state index in [-0.39, 0.29) is 17.7 Å². The van der Waals surface area contributed by atoms with E-state index in [1.165, 1.54) is 0 Å². The monoisotopic (exact) mass is 442 g/mol. The molecule has 5 rings (SSSR count). The number of hydrogen-bond acceptors (Lipinski definition) is 6. The summed E-state index contributed by atoms with van der Waals surface area (Å²) in [6, 6.07) is 15.3. The number of para-hydroxylation sites is 1. The van der Waals surface area contributed by atoms with Crippen molar-refractivity contribution in [3.05, 3.63) is 66.7 Å². The van der Waals surface area contributed by atoms with Crippen LogP contribution in [0.2, 0.25) is 0 Å². The Kier molecular flexibility index (Phi) is 5.97. The Balaban J connectivity index is 1.42. The molecular formula is C25H26N6O2. The molecule has 2 N–H and O–H groups in total. The number of nitrogens with one attached hydrogen (secondary N) is 2. The molecule has 0 spiro atoms. The topological polar surface area (TPSA) is 100 Å². The van der Waals surface area contributed by atoms with Gasteiger partial charge in [-0.25, -0.2) is 9.97 Å². The summed E-state index contributed by atoms with van der Waals surface area (Å²) >= 11 is 0. The molecule has 2 atom stereocenters. The van der Waals surface area contributed by atoms with Crippen LogP contribution in [-0.2, 0) is 9.59 Å². The molecule has 2 saturated heterocycles. The molecule has 168 valence electrons. The van der Waals surface area contributed by atoms with E-state index in [2.05, 4.69) is 15.6 Å². The van der Waals surface area contributed by atoms with Gasteiger partial charge in [0.15, 0.2) is 0 Å². The largest absolute Gasteiger partial charge is 0.344 e. The first-order valence-electron chi connectivity index (χ1n) is 11.4. The lowest BCUT2D eigenvalue weighted by atomic mass is 9.96. The average Bonchev–Trinajstić information content (AvgIpc) is 3.31. The number of carbonyl (C=O) groups excluding carboxylic acids is 2. The van der Waals surface area contributed by atoms with Crippen molar-refractivity contribution in [1.29, 1.82) is 0 Å². The van der Waals surface area contributed by atoms with Crippen molar-refractivity contribution in [2.24, 2.45) is 0 Å². The fourth-order valence-electron chi connectivity index (χ4n) is 4.45. The van der Waals surface area contributed by atoms with Gasteiger partial charge < -0.3 is 15.5 Å². The Morgan fingerprint density at radius 1 is 1.09 bits per heavy atom. The van der Waals surface area contributed by atoms with Crippen molar-refractivity contribution >= 4 is 23.3 Å². The minimum atomic E-state index is -0.408. The first-order chi connectivity index (χ1) is 16.2. The summed E-state index contributed by atoms with van der Waals surface area (Å²) in [5.41, 5.74) is 2.64. The van der Waals surface area contributed by atoms with E-state index in [0.717, 1.165) is 29.8 Å². The van der Waals surface area contributed by atoms with Gasteiger partial charge in [0.2, 0.25) is 11.8 Å². The predicted octanol–water partition coefficient (Wildman–Crippen LogP) is 3.27. The number of piperidine rings is 1. The quantitative estimate of drug-likeness (QED) is 0.629. The zero-order valence-electron chi connectivity index (χ0n) is 18.3. The number of likely N-dealkylation sites (tertiary alicyclic amines) is 1. The van der Waals surface area contributed by atoms with E-state index < -0.39 is 6.04 Å². The normalized spacial score (nSPS) is 20.4. The molecule has 1 aromatic carbocycles. The first kappa shape index (κ1) is 21.1. The number of hydrogen-bond donors (Lipinski definition) is 2. The van der Waals surface area contributed by atoms with Crippen molar-refractivity contribution in [2.45, 2.75) is 37.6 Å². The van der Waals surface area contributed by atoms with E-state index >= 15 is 0 Å². The predicted molar refractivity (Wildman–Crippen MR) is 125 cm³/mol. The van der Waals surface area contributed by atoms with Gasteiger partial charge in [0.25, 0.3) is 0 Å². The summed E-state index contributed by atoms with van der Waals surface area (Å²) in [6.07, 6.45) is 6.29. The zero-order valence-corrected chi connectivity index (χ0v) is 18.3. The molecule has 3 aromatic rings. The molecule has 2 aromatic heterocycles. The number of nitrogens with zero attached hydrogens (tertiary/aromatic N) is 4. The maximum atomic E-state index is 13.0. The highest BCUT2D eigenvalue weighted by Crippen LogP contribution is 2.29. The Labute approximate surface area is 192 Å². The maximum absolute atomic E-state index is 13.0. The molecule has 0 bridgehead atoms. The number of aromatic nitrogens is 3. The van der Waals surface area contributed by atoms with E-state index in [4.69, 9.17) is 9.97 Å². The second-order valence-electron chi connectivity index (χ2n) is 8.51. The summed E-state index contributed by atoms with van der Waals surface area (Å²) in [7, 11) is 0. The fraction of sp³-hybridized carbons (Fsp3) is 0.320. The standard InChI is InChI=1S/C25H26N6O2/c32-23-11-10-20(28-23)25(33)31-13-5-7-18(16-31)24-29-21(17-6-4-12-26-15-17)14-22(30-24)27-19-8-2-1-3-9-19/h1-4,6,8-9,12,14-15,18,20H,5,7,10-11,13,16H2,(H,28,32)(H,27,29,30)/t18-,20-/m1/s1. The van der Waals surface area contributed by atoms with Crippen molar-refractivity contribution in [3.63, 3.8) is 0 Å². The van der Waals surface area contributed by atoms with Crippen LogP contribution in [0.25, 0.3) is 11.3 Å². The van der Waals surface area contributed by atoms with Crippen molar-refractivity contribution < 1.29 is 9.59 Å². The molecule has 4 heterocycles. The van der Waals surface area contributed by atoms with Crippen LogP contribution >= 0.6 is 0 Å². The number of rotatable bonds is 5. The molecule has 8 nitrogen and oxygen atoms in total. The Morgan fingerprint density at radius 2 is 1.97 bits per heavy atom. The molecule has 2 fully saturated rings. The SMILES string of the molecule is O=C1CC[C@H](C(=O)N2CCC[C@@H](c3nc(Nc4ccccc4)cc(-c4cccnc4)n3)C2)N1. The summed E-state index contributed by atoms with van der Waals surface area (Å²) < 4.78 is 0. The van der Waals surface area contributed by atoms with Gasteiger partial charge in [-0.2, -0.15) is 0 Å². The first-order valence-corrected chi connectivity index (χ1v) is 11.4. The molecule has 0 radical (unpaired) electrons. The summed E-state index contributed by atoms with van der Waals surface area (Å²) in [4.78, 5) is 40.3. The summed E-state index contributed by atoms with van der Waals surface area (Å²) in [5.74, 6) is 1.38. The third-order valence-electron chi connectivity index (χ3n) is 6.14. The van der Waals surface area contributed by atoms with Crippen LogP contribution in [0.1, 0.15) is 37.4 Å². The highest BCUT2D eigenvalue weighted by Gasteiger charge is 2.34. The van der Waals surface area contributed by atoms with Gasteiger partial charge >= 0.3 is 0 Å². The fourth-order valence-corrected chi connectivity index (χ4v) is 4.45. The molecular weight excluding hydrogens is 416 g/mol. The van der Waals surface area contributed by atoms with Crippen LogP contribution in [0.5, 0.6) is 0 Å². The Hall–Kier alpha value is -3.81. The third-order valence-corrected chi connectivity index (χ3v) is 6.14. The third kappa shape index (κ3) is 4.84. The van der Waals surface area contributed by atoms with Gasteiger partial charge in [-0.15, -0.1) is 0 Å². The van der Waals surface area contributed by atoms with Crippen LogP contribution in [0.15, 0.2) is 60.9 Å². The van der Waals surface area contributed by atoms with E-state index in [9.17, 15) is 9.59 Å². The van der Waals surface area contributed by atoms with Crippen molar-refractivity contribution in [3.8, 4) is 11.3 Å². The lowest BCUT2D eigenvalue weighted by Gasteiger charge is -2.33. The highest BCUT2D eigenvalue weighted by atomic mass is 16.2. The minimum absolute atomic E-state index is 0.00315.